The zero-order valence-corrected chi connectivity index (χ0v) is 10.4. The topological polar surface area (TPSA) is 37.3 Å². The summed E-state index contributed by atoms with van der Waals surface area (Å²) in [5.41, 5.74) is 5.62. The van der Waals surface area contributed by atoms with Crippen molar-refractivity contribution in [3.8, 4) is 16.9 Å². The Balaban J connectivity index is 2.31. The fraction of sp³-hybridized carbons (Fsp3) is 0.188. The monoisotopic (exact) mass is 238 g/mol. The number of hydrogen-bond donors (Lipinski definition) is 1. The number of aromatic hydroxyl groups is 1. The Hall–Kier alpha value is -2.09. The maximum Gasteiger partial charge on any atom is 0.163 e. The van der Waals surface area contributed by atoms with Crippen molar-refractivity contribution in [3.05, 3.63) is 52.6 Å². The molecule has 0 saturated carbocycles. The first-order chi connectivity index (χ1) is 8.59. The van der Waals surface area contributed by atoms with Gasteiger partial charge in [0.2, 0.25) is 0 Å². The minimum absolute atomic E-state index is 0.0799. The molecule has 3 rings (SSSR count). The van der Waals surface area contributed by atoms with Gasteiger partial charge >= 0.3 is 0 Å². The second kappa shape index (κ2) is 3.70. The van der Waals surface area contributed by atoms with Crippen molar-refractivity contribution >= 4 is 5.78 Å². The highest BCUT2D eigenvalue weighted by Crippen LogP contribution is 2.43. The van der Waals surface area contributed by atoms with E-state index in [0.29, 0.717) is 12.0 Å². The van der Waals surface area contributed by atoms with Gasteiger partial charge < -0.3 is 5.11 Å². The lowest BCUT2D eigenvalue weighted by Gasteiger charge is -2.10. The fourth-order valence-electron chi connectivity index (χ4n) is 2.83. The maximum absolute atomic E-state index is 11.6. The van der Waals surface area contributed by atoms with Gasteiger partial charge in [-0.2, -0.15) is 0 Å². The summed E-state index contributed by atoms with van der Waals surface area (Å²) in [6, 6.07) is 10.1. The van der Waals surface area contributed by atoms with E-state index in [1.807, 2.05) is 25.1 Å². The average molecular weight is 238 g/mol. The van der Waals surface area contributed by atoms with Crippen molar-refractivity contribution in [3.63, 3.8) is 0 Å². The molecule has 0 saturated heterocycles. The summed E-state index contributed by atoms with van der Waals surface area (Å²) in [5, 5.41) is 10.3. The van der Waals surface area contributed by atoms with Crippen molar-refractivity contribution in [1.82, 2.24) is 0 Å². The molecule has 2 heteroatoms. The molecule has 0 bridgehead atoms. The van der Waals surface area contributed by atoms with E-state index >= 15 is 0 Å². The predicted molar refractivity (Wildman–Crippen MR) is 71.1 cm³/mol. The molecule has 0 atom stereocenters. The SMILES string of the molecule is CC(=O)c1c(C)cc2c(c1O)Cc1ccccc1-2. The van der Waals surface area contributed by atoms with Crippen LogP contribution in [0, 0.1) is 6.92 Å². The zero-order chi connectivity index (χ0) is 12.9. The van der Waals surface area contributed by atoms with Crippen molar-refractivity contribution in [2.45, 2.75) is 20.3 Å². The standard InChI is InChI=1S/C16H14O2/c1-9-7-13-12-6-4-3-5-11(12)8-14(13)16(18)15(9)10(2)17/h3-7,18H,8H2,1-2H3. The Morgan fingerprint density at radius 1 is 1.22 bits per heavy atom. The summed E-state index contributed by atoms with van der Waals surface area (Å²) >= 11 is 0. The Morgan fingerprint density at radius 3 is 2.67 bits per heavy atom. The molecular formula is C16H14O2. The summed E-state index contributed by atoms with van der Waals surface area (Å²) in [6.07, 6.45) is 0.706. The summed E-state index contributed by atoms with van der Waals surface area (Å²) in [7, 11) is 0. The predicted octanol–water partition coefficient (Wildman–Crippen LogP) is 3.47. The number of fused-ring (bicyclic) bond motifs is 3. The number of rotatable bonds is 1. The third-order valence-electron chi connectivity index (χ3n) is 3.63. The molecule has 0 radical (unpaired) electrons. The summed E-state index contributed by atoms with van der Waals surface area (Å²) in [5.74, 6) is 0.0810. The zero-order valence-electron chi connectivity index (χ0n) is 10.4. The lowest BCUT2D eigenvalue weighted by molar-refractivity contribution is 0.101. The van der Waals surface area contributed by atoms with Crippen LogP contribution in [-0.2, 0) is 6.42 Å². The van der Waals surface area contributed by atoms with Crippen LogP contribution in [0.1, 0.15) is 34.0 Å². The van der Waals surface area contributed by atoms with Crippen molar-refractivity contribution in [2.24, 2.45) is 0 Å². The first-order valence-corrected chi connectivity index (χ1v) is 6.04. The highest BCUT2D eigenvalue weighted by atomic mass is 16.3. The number of ketones is 1. The Kier molecular flexibility index (Phi) is 2.27. The van der Waals surface area contributed by atoms with Crippen molar-refractivity contribution < 1.29 is 9.90 Å². The number of Topliss-reactive ketones (excluding diaryl/α,β-unsaturated/α-hetero) is 1. The van der Waals surface area contributed by atoms with Crippen LogP contribution in [0.5, 0.6) is 5.75 Å². The molecule has 0 amide bonds. The van der Waals surface area contributed by atoms with Gasteiger partial charge in [-0.15, -0.1) is 0 Å². The van der Waals surface area contributed by atoms with E-state index in [2.05, 4.69) is 12.1 Å². The Bertz CT molecular complexity index is 669. The van der Waals surface area contributed by atoms with E-state index in [1.54, 1.807) is 0 Å². The van der Waals surface area contributed by atoms with Gasteiger partial charge in [0, 0.05) is 12.0 Å². The number of benzene rings is 2. The van der Waals surface area contributed by atoms with Crippen LogP contribution >= 0.6 is 0 Å². The van der Waals surface area contributed by atoms with E-state index in [-0.39, 0.29) is 11.5 Å². The summed E-state index contributed by atoms with van der Waals surface area (Å²) in [4.78, 5) is 11.6. The molecule has 0 unspecified atom stereocenters. The van der Waals surface area contributed by atoms with Gasteiger partial charge in [-0.3, -0.25) is 4.79 Å². The molecule has 0 aromatic heterocycles. The lowest BCUT2D eigenvalue weighted by atomic mass is 9.95. The van der Waals surface area contributed by atoms with Gasteiger partial charge in [0.05, 0.1) is 5.56 Å². The minimum atomic E-state index is -0.0799. The quantitative estimate of drug-likeness (QED) is 0.659. The van der Waals surface area contributed by atoms with Crippen molar-refractivity contribution in [2.75, 3.05) is 0 Å². The smallest absolute Gasteiger partial charge is 0.163 e. The highest BCUT2D eigenvalue weighted by Gasteiger charge is 2.25. The van der Waals surface area contributed by atoms with Gasteiger partial charge in [-0.1, -0.05) is 30.3 Å². The third kappa shape index (κ3) is 1.39. The summed E-state index contributed by atoms with van der Waals surface area (Å²) < 4.78 is 0. The molecule has 90 valence electrons. The first-order valence-electron chi connectivity index (χ1n) is 6.04. The van der Waals surface area contributed by atoms with Crippen LogP contribution in [-0.4, -0.2) is 10.9 Å². The molecule has 18 heavy (non-hydrogen) atoms. The number of carbonyl (C=O) groups excluding carboxylic acids is 1. The van der Waals surface area contributed by atoms with Gasteiger partial charge in [0.15, 0.2) is 5.78 Å². The van der Waals surface area contributed by atoms with E-state index in [1.165, 1.54) is 18.1 Å². The molecule has 0 spiro atoms. The average Bonchev–Trinajstić information content (AvgIpc) is 2.68. The highest BCUT2D eigenvalue weighted by molar-refractivity contribution is 6.00. The van der Waals surface area contributed by atoms with Crippen LogP contribution in [0.3, 0.4) is 0 Å². The molecule has 2 aromatic carbocycles. The van der Waals surface area contributed by atoms with Gasteiger partial charge in [-0.25, -0.2) is 0 Å². The molecule has 1 aliphatic rings. The molecule has 1 N–H and O–H groups in total. The van der Waals surface area contributed by atoms with Gasteiger partial charge in [0.25, 0.3) is 0 Å². The number of hydrogen-bond acceptors (Lipinski definition) is 2. The molecule has 0 aliphatic heterocycles. The largest absolute Gasteiger partial charge is 0.507 e. The van der Waals surface area contributed by atoms with Crippen LogP contribution in [0.2, 0.25) is 0 Å². The minimum Gasteiger partial charge on any atom is -0.507 e. The third-order valence-corrected chi connectivity index (χ3v) is 3.63. The second-order valence-corrected chi connectivity index (χ2v) is 4.83. The van der Waals surface area contributed by atoms with E-state index in [9.17, 15) is 9.90 Å². The van der Waals surface area contributed by atoms with Crippen LogP contribution < -0.4 is 0 Å². The van der Waals surface area contributed by atoms with Gasteiger partial charge in [-0.05, 0) is 36.1 Å². The molecule has 2 aromatic rings. The molecular weight excluding hydrogens is 224 g/mol. The van der Waals surface area contributed by atoms with Gasteiger partial charge in [0.1, 0.15) is 5.75 Å². The van der Waals surface area contributed by atoms with Crippen LogP contribution in [0.4, 0.5) is 0 Å². The number of aryl methyl sites for hydroxylation is 1. The molecule has 0 heterocycles. The number of phenolic OH excluding ortho intramolecular Hbond substituents is 1. The molecule has 1 aliphatic carbocycles. The van der Waals surface area contributed by atoms with Crippen LogP contribution in [0.25, 0.3) is 11.1 Å². The van der Waals surface area contributed by atoms with Crippen molar-refractivity contribution in [1.29, 1.82) is 0 Å². The van der Waals surface area contributed by atoms with E-state index in [4.69, 9.17) is 0 Å². The summed E-state index contributed by atoms with van der Waals surface area (Å²) in [6.45, 7) is 3.37. The number of phenols is 1. The fourth-order valence-corrected chi connectivity index (χ4v) is 2.83. The molecule has 2 nitrogen and oxygen atoms in total. The lowest BCUT2D eigenvalue weighted by Crippen LogP contribution is -1.99. The first kappa shape index (κ1) is 11.0. The molecule has 0 fully saturated rings. The Labute approximate surface area is 106 Å². The normalized spacial score (nSPS) is 12.1. The Morgan fingerprint density at radius 2 is 1.94 bits per heavy atom. The van der Waals surface area contributed by atoms with E-state index < -0.39 is 0 Å². The van der Waals surface area contributed by atoms with Crippen LogP contribution in [0.15, 0.2) is 30.3 Å². The van der Waals surface area contributed by atoms with E-state index in [0.717, 1.165) is 16.7 Å². The number of carbonyl (C=O) groups is 1. The second-order valence-electron chi connectivity index (χ2n) is 4.83. The maximum atomic E-state index is 11.6.